The second kappa shape index (κ2) is 16.3. The summed E-state index contributed by atoms with van der Waals surface area (Å²) in [7, 11) is 0. The Hall–Kier alpha value is -4.38. The van der Waals surface area contributed by atoms with Gasteiger partial charge >= 0.3 is 0 Å². The number of hydrogen-bond donors (Lipinski definition) is 1. The Labute approximate surface area is 302 Å². The molecule has 253 valence electrons. The van der Waals surface area contributed by atoms with Gasteiger partial charge in [-0.3, -0.25) is 14.8 Å². The smallest absolute Gasteiger partial charge is 0.162 e. The summed E-state index contributed by atoms with van der Waals surface area (Å²) in [4.78, 5) is 21.2. The molecule has 0 atom stereocenters. The minimum Gasteiger partial charge on any atom is -0.512 e. The number of carbonyl (C=O) groups is 1. The van der Waals surface area contributed by atoms with Gasteiger partial charge in [-0.1, -0.05) is 98.8 Å². The number of nitrogens with zero attached hydrogens (tertiary/aromatic N) is 2. The molecule has 7 rings (SSSR count). The number of allylic oxidation sites excluding steroid dienone is 2. The molecule has 0 saturated heterocycles. The van der Waals surface area contributed by atoms with E-state index in [1.807, 2.05) is 58.3 Å². The van der Waals surface area contributed by atoms with Gasteiger partial charge in [-0.15, -0.1) is 23.6 Å². The van der Waals surface area contributed by atoms with Crippen LogP contribution >= 0.6 is 0 Å². The van der Waals surface area contributed by atoms with Gasteiger partial charge in [0, 0.05) is 73.5 Å². The molecule has 0 fully saturated rings. The number of aliphatic hydroxyl groups excluding tert-OH is 1. The number of ketones is 1. The normalized spacial score (nSPS) is 12.3. The first-order chi connectivity index (χ1) is 23.5. The van der Waals surface area contributed by atoms with Crippen LogP contribution in [0.3, 0.4) is 0 Å². The zero-order valence-corrected chi connectivity index (χ0v) is 31.0. The van der Waals surface area contributed by atoms with Crippen molar-refractivity contribution in [1.29, 1.82) is 0 Å². The second-order valence-electron chi connectivity index (χ2n) is 12.5. The summed E-state index contributed by atoms with van der Waals surface area (Å²) in [5.41, 5.74) is 8.32. The van der Waals surface area contributed by atoms with E-state index in [4.69, 9.17) is 14.4 Å². The van der Waals surface area contributed by atoms with Crippen molar-refractivity contribution >= 4 is 27.5 Å². The van der Waals surface area contributed by atoms with Crippen LogP contribution in [0, 0.1) is 17.9 Å². The quantitative estimate of drug-likeness (QED) is 0.0892. The number of furan rings is 1. The summed E-state index contributed by atoms with van der Waals surface area (Å²) in [5, 5.41) is 13.1. The van der Waals surface area contributed by atoms with Crippen molar-refractivity contribution in [2.75, 3.05) is 0 Å². The molecule has 6 heteroatoms. The fraction of sp³-hybridized carbons (Fsp3) is 0.279. The Bertz CT molecular complexity index is 2070. The predicted molar refractivity (Wildman–Crippen MR) is 196 cm³/mol. The summed E-state index contributed by atoms with van der Waals surface area (Å²) in [6, 6.07) is 30.9. The molecule has 0 unspecified atom stereocenters. The molecule has 1 radical (unpaired) electrons. The van der Waals surface area contributed by atoms with Crippen LogP contribution < -0.4 is 0 Å². The van der Waals surface area contributed by atoms with E-state index in [0.29, 0.717) is 0 Å². The maximum absolute atomic E-state index is 11.7. The first kappa shape index (κ1) is 35.9. The number of rotatable bonds is 9. The van der Waals surface area contributed by atoms with Gasteiger partial charge in [0.25, 0.3) is 0 Å². The summed E-state index contributed by atoms with van der Waals surface area (Å²) in [5.74, 6) is 1.54. The van der Waals surface area contributed by atoms with Crippen LogP contribution in [0.4, 0.5) is 0 Å². The number of hydrogen-bond acceptors (Lipinski definition) is 5. The Morgan fingerprint density at radius 1 is 0.816 bits per heavy atom. The number of aryl methyl sites for hydroxylation is 2. The second-order valence-corrected chi connectivity index (χ2v) is 12.5. The summed E-state index contributed by atoms with van der Waals surface area (Å²) in [6.45, 7) is 8.07. The molecule has 49 heavy (non-hydrogen) atoms. The van der Waals surface area contributed by atoms with Gasteiger partial charge < -0.3 is 9.52 Å². The van der Waals surface area contributed by atoms with Crippen molar-refractivity contribution in [2.45, 2.75) is 66.2 Å². The fourth-order valence-electron chi connectivity index (χ4n) is 6.81. The summed E-state index contributed by atoms with van der Waals surface area (Å²) >= 11 is 0. The zero-order valence-electron chi connectivity index (χ0n) is 28.6. The van der Waals surface area contributed by atoms with Crippen LogP contribution in [0.15, 0.2) is 108 Å². The largest absolute Gasteiger partial charge is 0.512 e. The van der Waals surface area contributed by atoms with Crippen molar-refractivity contribution in [2.24, 2.45) is 11.8 Å². The molecule has 5 nitrogen and oxygen atoms in total. The molecule has 6 aromatic rings. The maximum atomic E-state index is 11.7. The Kier molecular flexibility index (Phi) is 12.0. The maximum Gasteiger partial charge on any atom is 0.162 e. The van der Waals surface area contributed by atoms with Crippen molar-refractivity contribution in [3.8, 4) is 33.6 Å². The van der Waals surface area contributed by atoms with E-state index in [1.165, 1.54) is 28.2 Å². The molecule has 1 N–H and O–H groups in total. The Morgan fingerprint density at radius 3 is 2.24 bits per heavy atom. The van der Waals surface area contributed by atoms with Crippen molar-refractivity contribution in [1.82, 2.24) is 9.97 Å². The van der Waals surface area contributed by atoms with E-state index in [9.17, 15) is 9.90 Å². The minimum absolute atomic E-state index is 0. The van der Waals surface area contributed by atoms with Crippen LogP contribution in [0.2, 0.25) is 0 Å². The molecule has 1 aliphatic rings. The molecular formula is C43H43IrN2O3-. The van der Waals surface area contributed by atoms with Gasteiger partial charge in [0.15, 0.2) is 5.78 Å². The predicted octanol–water partition coefficient (Wildman–Crippen LogP) is 11.1. The summed E-state index contributed by atoms with van der Waals surface area (Å²) in [6.07, 6.45) is 10.5. The Balaban J connectivity index is 0.000000252. The molecular weight excluding hydrogens is 785 g/mol. The Morgan fingerprint density at radius 2 is 1.51 bits per heavy atom. The van der Waals surface area contributed by atoms with E-state index in [-0.39, 0.29) is 43.5 Å². The first-order valence-electron chi connectivity index (χ1n) is 17.3. The number of aromatic nitrogens is 2. The van der Waals surface area contributed by atoms with Crippen LogP contribution in [0.1, 0.15) is 64.7 Å². The average Bonchev–Trinajstić information content (AvgIpc) is 3.52. The van der Waals surface area contributed by atoms with E-state index in [0.717, 1.165) is 83.2 Å². The van der Waals surface area contributed by atoms with E-state index in [2.05, 4.69) is 66.7 Å². The monoisotopic (exact) mass is 828 g/mol. The van der Waals surface area contributed by atoms with Gasteiger partial charge in [0.05, 0.1) is 11.5 Å². The number of pyridine rings is 2. The van der Waals surface area contributed by atoms with Crippen LogP contribution in [0.25, 0.3) is 55.4 Å². The van der Waals surface area contributed by atoms with Gasteiger partial charge in [-0.25, -0.2) is 0 Å². The van der Waals surface area contributed by atoms with Crippen LogP contribution in [0.5, 0.6) is 0 Å². The van der Waals surface area contributed by atoms with E-state index in [1.54, 1.807) is 0 Å². The first-order valence-corrected chi connectivity index (χ1v) is 17.3. The molecule has 0 saturated carbocycles. The molecule has 0 aliphatic heterocycles. The summed E-state index contributed by atoms with van der Waals surface area (Å²) < 4.78 is 6.47. The third kappa shape index (κ3) is 7.46. The minimum atomic E-state index is 0. The zero-order chi connectivity index (χ0) is 33.6. The standard InChI is InChI=1S/C30H19N2O.C13H24O2.Ir/c1-2-7-19(8-3-1)25-18-22(17-21-9-4-5-11-23(21)25)29-30-24(14-16-32-29)27-26(33-30)13-12-20-10-6-15-31-28(20)27;1-5-10(6-2)12(14)9-13(15)11(7-3)8-4;/h1-11,14-16,18H,12-13H2;9-11,14H,5-8H2,1-4H3;/q-1;;/b;12-9-;. The SMILES string of the molecule is CCC(CC)C(=O)/C=C(\O)C(CC)CC.[Ir].[c-]1c(-c2nccc3c4c(oc23)CCc2cccnc2-4)cc(-c2ccccc2)c2ccccc12. The van der Waals surface area contributed by atoms with Gasteiger partial charge in [-0.2, -0.15) is 0 Å². The van der Waals surface area contributed by atoms with Gasteiger partial charge in [0.1, 0.15) is 11.3 Å². The van der Waals surface area contributed by atoms with Crippen LogP contribution in [-0.2, 0) is 37.7 Å². The van der Waals surface area contributed by atoms with Crippen molar-refractivity contribution in [3.63, 3.8) is 0 Å². The molecule has 0 spiro atoms. The molecule has 0 bridgehead atoms. The number of carbonyl (C=O) groups excluding carboxylic acids is 1. The molecule has 1 aliphatic carbocycles. The fourth-order valence-corrected chi connectivity index (χ4v) is 6.81. The molecule has 3 heterocycles. The van der Waals surface area contributed by atoms with Crippen molar-refractivity contribution in [3.05, 3.63) is 120 Å². The number of aliphatic hydroxyl groups is 1. The number of fused-ring (bicyclic) bond motifs is 6. The topological polar surface area (TPSA) is 76.2 Å². The molecule has 0 amide bonds. The third-order valence-electron chi connectivity index (χ3n) is 9.62. The van der Waals surface area contributed by atoms with E-state index >= 15 is 0 Å². The van der Waals surface area contributed by atoms with Crippen molar-refractivity contribution < 1.29 is 34.4 Å². The van der Waals surface area contributed by atoms with Gasteiger partial charge in [-0.05, 0) is 55.4 Å². The van der Waals surface area contributed by atoms with Crippen LogP contribution in [-0.4, -0.2) is 20.9 Å². The van der Waals surface area contributed by atoms with Gasteiger partial charge in [0.2, 0.25) is 0 Å². The molecule has 3 aromatic carbocycles. The average molecular weight is 828 g/mol. The van der Waals surface area contributed by atoms with E-state index < -0.39 is 0 Å². The molecule has 3 aromatic heterocycles. The number of benzene rings is 3. The third-order valence-corrected chi connectivity index (χ3v) is 9.62.